The maximum absolute atomic E-state index is 12.4. The quantitative estimate of drug-likeness (QED) is 0.503. The number of carbonyl (C=O) groups excluding carboxylic acids is 1. The molecule has 3 fully saturated rings. The van der Waals surface area contributed by atoms with Gasteiger partial charge < -0.3 is 25.0 Å². The molecule has 0 radical (unpaired) electrons. The lowest BCUT2D eigenvalue weighted by Crippen LogP contribution is -2.43. The predicted molar refractivity (Wildman–Crippen MR) is 141 cm³/mol. The summed E-state index contributed by atoms with van der Waals surface area (Å²) in [7, 11) is 0. The fourth-order valence-electron chi connectivity index (χ4n) is 5.36. The average Bonchev–Trinajstić information content (AvgIpc) is 3.50. The molecule has 2 unspecified atom stereocenters. The minimum absolute atomic E-state index is 0.213. The van der Waals surface area contributed by atoms with Crippen LogP contribution >= 0.6 is 0 Å². The number of aryl methyl sites for hydroxylation is 1. The number of amides is 2. The topological polar surface area (TPSA) is 110 Å². The van der Waals surface area contributed by atoms with Gasteiger partial charge in [-0.2, -0.15) is 5.10 Å². The number of nitrogens with one attached hydrogen (secondary N) is 2. The van der Waals surface area contributed by atoms with E-state index in [4.69, 9.17) is 19.4 Å². The Morgan fingerprint density at radius 2 is 1.84 bits per heavy atom. The first-order chi connectivity index (χ1) is 18.2. The normalized spacial score (nSPS) is 21.9. The van der Waals surface area contributed by atoms with Crippen LogP contribution in [-0.2, 0) is 16.0 Å². The summed E-state index contributed by atoms with van der Waals surface area (Å²) in [4.78, 5) is 26.9. The molecule has 3 aliphatic heterocycles. The first-order valence-electron chi connectivity index (χ1n) is 13.3. The van der Waals surface area contributed by atoms with E-state index >= 15 is 0 Å². The molecule has 0 aliphatic carbocycles. The highest BCUT2D eigenvalue weighted by Gasteiger charge is 2.35. The fraction of sp³-hybridized carbons (Fsp3) is 0.538. The van der Waals surface area contributed by atoms with Crippen LogP contribution in [0.25, 0.3) is 22.4 Å². The summed E-state index contributed by atoms with van der Waals surface area (Å²) in [5.41, 5.74) is 2.45. The predicted octanol–water partition coefficient (Wildman–Crippen LogP) is 2.33. The minimum atomic E-state index is -0.213. The van der Waals surface area contributed by atoms with E-state index in [1.54, 1.807) is 0 Å². The molecule has 3 aliphatic rings. The Kier molecular flexibility index (Phi) is 6.90. The first kappa shape index (κ1) is 24.1. The summed E-state index contributed by atoms with van der Waals surface area (Å²) < 4.78 is 13.3. The zero-order valence-corrected chi connectivity index (χ0v) is 21.2. The molecule has 196 valence electrons. The number of ether oxygens (including phenoxy) is 2. The Balaban J connectivity index is 1.16. The smallest absolute Gasteiger partial charge is 0.319 e. The van der Waals surface area contributed by atoms with Gasteiger partial charge in [-0.1, -0.05) is 0 Å². The summed E-state index contributed by atoms with van der Waals surface area (Å²) >= 11 is 0. The Morgan fingerprint density at radius 3 is 2.57 bits per heavy atom. The van der Waals surface area contributed by atoms with Crippen molar-refractivity contribution in [1.82, 2.24) is 30.0 Å². The van der Waals surface area contributed by atoms with Crippen molar-refractivity contribution in [2.24, 2.45) is 0 Å². The molecule has 3 saturated heterocycles. The summed E-state index contributed by atoms with van der Waals surface area (Å²) in [6.45, 7) is 9.21. The van der Waals surface area contributed by atoms with Gasteiger partial charge in [-0.25, -0.2) is 19.4 Å². The zero-order chi connectivity index (χ0) is 25.2. The Labute approximate surface area is 216 Å². The SMILES string of the molecule is CCn1ncc2c(N3CC4CCC(C3)O4)nc(-c3ccc(NC(=O)NCCN4CCOCC4)cc3)nc21. The monoisotopic (exact) mass is 506 g/mol. The van der Waals surface area contributed by atoms with Gasteiger partial charge in [-0.05, 0) is 44.0 Å². The molecular formula is C26H34N8O3. The number of urea groups is 1. The summed E-state index contributed by atoms with van der Waals surface area (Å²) in [5.74, 6) is 1.57. The van der Waals surface area contributed by atoms with Crippen LogP contribution in [0.2, 0.25) is 0 Å². The molecule has 5 heterocycles. The third kappa shape index (κ3) is 5.25. The van der Waals surface area contributed by atoms with Gasteiger partial charge in [0, 0.05) is 57.1 Å². The molecule has 2 atom stereocenters. The highest BCUT2D eigenvalue weighted by atomic mass is 16.5. The van der Waals surface area contributed by atoms with Gasteiger partial charge in [0.15, 0.2) is 11.5 Å². The van der Waals surface area contributed by atoms with Crippen molar-refractivity contribution in [3.8, 4) is 11.4 Å². The summed E-state index contributed by atoms with van der Waals surface area (Å²) in [6, 6.07) is 7.45. The first-order valence-corrected chi connectivity index (χ1v) is 13.3. The van der Waals surface area contributed by atoms with Crippen LogP contribution in [0.1, 0.15) is 19.8 Å². The van der Waals surface area contributed by atoms with Crippen molar-refractivity contribution in [2.45, 2.75) is 38.5 Å². The van der Waals surface area contributed by atoms with Crippen LogP contribution in [0, 0.1) is 0 Å². The van der Waals surface area contributed by atoms with Crippen molar-refractivity contribution in [2.75, 3.05) is 62.7 Å². The zero-order valence-electron chi connectivity index (χ0n) is 21.2. The number of aromatic nitrogens is 4. The van der Waals surface area contributed by atoms with E-state index in [1.807, 2.05) is 35.1 Å². The van der Waals surface area contributed by atoms with Gasteiger partial charge >= 0.3 is 6.03 Å². The van der Waals surface area contributed by atoms with Crippen LogP contribution in [-0.4, -0.2) is 95.4 Å². The molecule has 1 aromatic carbocycles. The molecule has 2 amide bonds. The maximum Gasteiger partial charge on any atom is 0.319 e. The lowest BCUT2D eigenvalue weighted by molar-refractivity contribution is 0.0303. The van der Waals surface area contributed by atoms with E-state index < -0.39 is 0 Å². The molecule has 2 aromatic heterocycles. The molecule has 6 rings (SSSR count). The number of hydrogen-bond acceptors (Lipinski definition) is 8. The van der Waals surface area contributed by atoms with Gasteiger partial charge in [0.25, 0.3) is 0 Å². The largest absolute Gasteiger partial charge is 0.379 e. The lowest BCUT2D eigenvalue weighted by atomic mass is 10.2. The number of fused-ring (bicyclic) bond motifs is 3. The van der Waals surface area contributed by atoms with Crippen molar-refractivity contribution in [1.29, 1.82) is 0 Å². The van der Waals surface area contributed by atoms with Crippen LogP contribution < -0.4 is 15.5 Å². The van der Waals surface area contributed by atoms with Gasteiger partial charge in [0.2, 0.25) is 0 Å². The minimum Gasteiger partial charge on any atom is -0.379 e. The number of morpholine rings is 2. The second-order valence-corrected chi connectivity index (χ2v) is 9.84. The van der Waals surface area contributed by atoms with Crippen LogP contribution in [0.4, 0.5) is 16.3 Å². The highest BCUT2D eigenvalue weighted by molar-refractivity contribution is 5.90. The third-order valence-electron chi connectivity index (χ3n) is 7.34. The second kappa shape index (κ2) is 10.6. The molecule has 0 saturated carbocycles. The number of hydrogen-bond donors (Lipinski definition) is 2. The second-order valence-electron chi connectivity index (χ2n) is 9.84. The Morgan fingerprint density at radius 1 is 1.08 bits per heavy atom. The summed E-state index contributed by atoms with van der Waals surface area (Å²) in [5, 5.41) is 11.4. The third-order valence-corrected chi connectivity index (χ3v) is 7.34. The molecule has 11 nitrogen and oxygen atoms in total. The van der Waals surface area contributed by atoms with Crippen molar-refractivity contribution < 1.29 is 14.3 Å². The molecule has 11 heteroatoms. The lowest BCUT2D eigenvalue weighted by Gasteiger charge is -2.33. The van der Waals surface area contributed by atoms with Crippen molar-refractivity contribution in [3.05, 3.63) is 30.5 Å². The molecule has 37 heavy (non-hydrogen) atoms. The summed E-state index contributed by atoms with van der Waals surface area (Å²) in [6.07, 6.45) is 4.61. The van der Waals surface area contributed by atoms with E-state index in [0.717, 1.165) is 93.4 Å². The molecule has 0 spiro atoms. The number of carbonyl (C=O) groups is 1. The molecular weight excluding hydrogens is 472 g/mol. The standard InChI is InChI=1S/C26H34N8O3/c1-2-34-25-22(15-28-34)24(33-16-20-7-8-21(17-33)37-20)30-23(31-25)18-3-5-19(6-4-18)29-26(35)27-9-10-32-11-13-36-14-12-32/h3-6,15,20-21H,2,7-14,16-17H2,1H3,(H2,27,29,35). The van der Waals surface area contributed by atoms with Crippen LogP contribution in [0.3, 0.4) is 0 Å². The molecule has 2 bridgehead atoms. The van der Waals surface area contributed by atoms with E-state index in [9.17, 15) is 4.79 Å². The van der Waals surface area contributed by atoms with Gasteiger partial charge in [0.05, 0.1) is 37.0 Å². The van der Waals surface area contributed by atoms with Crippen molar-refractivity contribution in [3.63, 3.8) is 0 Å². The molecule has 2 N–H and O–H groups in total. The molecule has 3 aromatic rings. The van der Waals surface area contributed by atoms with E-state index in [-0.39, 0.29) is 18.2 Å². The maximum atomic E-state index is 12.4. The van der Waals surface area contributed by atoms with Crippen molar-refractivity contribution >= 4 is 28.6 Å². The van der Waals surface area contributed by atoms with Crippen LogP contribution in [0.5, 0.6) is 0 Å². The van der Waals surface area contributed by atoms with Crippen LogP contribution in [0.15, 0.2) is 30.5 Å². The number of nitrogens with zero attached hydrogens (tertiary/aromatic N) is 6. The highest BCUT2D eigenvalue weighted by Crippen LogP contribution is 2.33. The van der Waals surface area contributed by atoms with E-state index in [1.165, 1.54) is 0 Å². The fourth-order valence-corrected chi connectivity index (χ4v) is 5.36. The Hall–Kier alpha value is -3.28. The van der Waals surface area contributed by atoms with Gasteiger partial charge in [-0.15, -0.1) is 0 Å². The van der Waals surface area contributed by atoms with E-state index in [2.05, 4.69) is 32.5 Å². The average molecular weight is 507 g/mol. The number of rotatable bonds is 7. The Bertz CT molecular complexity index is 1230. The van der Waals surface area contributed by atoms with Gasteiger partial charge in [0.1, 0.15) is 5.82 Å². The number of benzene rings is 1. The van der Waals surface area contributed by atoms with Gasteiger partial charge in [-0.3, -0.25) is 4.90 Å². The van der Waals surface area contributed by atoms with E-state index in [0.29, 0.717) is 12.4 Å². The number of anilines is 2.